The van der Waals surface area contributed by atoms with Gasteiger partial charge in [0.1, 0.15) is 0 Å². The average Bonchev–Trinajstić information content (AvgIpc) is 2.45. The molecule has 0 heterocycles. The molecule has 0 atom stereocenters. The maximum Gasteiger partial charge on any atom is 0.416 e. The highest BCUT2D eigenvalue weighted by atomic mass is 35.5. The summed E-state index contributed by atoms with van der Waals surface area (Å²) in [4.78, 5) is 0. The predicted molar refractivity (Wildman–Crippen MR) is 79.7 cm³/mol. The number of benzene rings is 2. The molecule has 112 valence electrons. The highest BCUT2D eigenvalue weighted by Crippen LogP contribution is 2.30. The van der Waals surface area contributed by atoms with Gasteiger partial charge in [-0.1, -0.05) is 35.9 Å². The second-order valence-corrected chi connectivity index (χ2v) is 5.11. The molecule has 0 fully saturated rings. The third-order valence-corrected chi connectivity index (χ3v) is 3.47. The molecule has 0 aromatic heterocycles. The van der Waals surface area contributed by atoms with Crippen molar-refractivity contribution in [3.8, 4) is 0 Å². The maximum absolute atomic E-state index is 12.6. The summed E-state index contributed by atoms with van der Waals surface area (Å²) in [5.74, 6) is 0. The molecule has 2 aromatic carbocycles. The number of anilines is 1. The van der Waals surface area contributed by atoms with Crippen LogP contribution < -0.4 is 5.32 Å². The van der Waals surface area contributed by atoms with Crippen molar-refractivity contribution in [2.24, 2.45) is 0 Å². The van der Waals surface area contributed by atoms with E-state index < -0.39 is 11.7 Å². The monoisotopic (exact) mass is 313 g/mol. The molecule has 0 bridgehead atoms. The molecule has 21 heavy (non-hydrogen) atoms. The van der Waals surface area contributed by atoms with Gasteiger partial charge in [0, 0.05) is 17.3 Å². The molecule has 0 saturated heterocycles. The zero-order valence-electron chi connectivity index (χ0n) is 11.3. The first-order valence-corrected chi connectivity index (χ1v) is 6.99. The molecule has 0 spiro atoms. The van der Waals surface area contributed by atoms with Gasteiger partial charge in [-0.2, -0.15) is 13.2 Å². The van der Waals surface area contributed by atoms with Gasteiger partial charge in [-0.3, -0.25) is 0 Å². The van der Waals surface area contributed by atoms with Gasteiger partial charge < -0.3 is 5.32 Å². The van der Waals surface area contributed by atoms with E-state index in [4.69, 9.17) is 11.6 Å². The summed E-state index contributed by atoms with van der Waals surface area (Å²) in [6.07, 6.45) is -2.74. The van der Waals surface area contributed by atoms with Gasteiger partial charge in [0.25, 0.3) is 0 Å². The van der Waals surface area contributed by atoms with E-state index in [1.165, 1.54) is 6.07 Å². The minimum absolute atomic E-state index is 0.476. The van der Waals surface area contributed by atoms with Gasteiger partial charge in [-0.05, 0) is 42.7 Å². The predicted octanol–water partition coefficient (Wildman–Crippen LogP) is 5.40. The average molecular weight is 314 g/mol. The molecule has 1 N–H and O–H groups in total. The number of hydrogen-bond acceptors (Lipinski definition) is 1. The van der Waals surface area contributed by atoms with Crippen LogP contribution in [0.1, 0.15) is 17.5 Å². The summed E-state index contributed by atoms with van der Waals surface area (Å²) >= 11 is 6.05. The van der Waals surface area contributed by atoms with E-state index in [2.05, 4.69) is 5.32 Å². The standard InChI is InChI=1S/C16H15ClF3N/c17-15-9-2-1-5-12(15)6-4-10-21-14-8-3-7-13(11-14)16(18,19)20/h1-3,5,7-9,11,21H,4,6,10H2. The van der Waals surface area contributed by atoms with Gasteiger partial charge in [0.05, 0.1) is 5.56 Å². The molecule has 1 nitrogen and oxygen atoms in total. The first kappa shape index (κ1) is 15.7. The van der Waals surface area contributed by atoms with Crippen LogP contribution in [-0.2, 0) is 12.6 Å². The summed E-state index contributed by atoms with van der Waals surface area (Å²) in [5, 5.41) is 3.72. The van der Waals surface area contributed by atoms with Crippen LogP contribution in [0.2, 0.25) is 5.02 Å². The van der Waals surface area contributed by atoms with Crippen LogP contribution in [0, 0.1) is 0 Å². The molecular weight excluding hydrogens is 299 g/mol. The number of halogens is 4. The molecule has 0 aliphatic rings. The fourth-order valence-corrected chi connectivity index (χ4v) is 2.25. The summed E-state index contributed by atoms with van der Waals surface area (Å²) in [5.41, 5.74) is 0.882. The van der Waals surface area contributed by atoms with Crippen LogP contribution in [0.25, 0.3) is 0 Å². The smallest absolute Gasteiger partial charge is 0.385 e. The molecule has 0 aliphatic carbocycles. The lowest BCUT2D eigenvalue weighted by Crippen LogP contribution is -2.07. The zero-order valence-corrected chi connectivity index (χ0v) is 12.0. The fraction of sp³-hybridized carbons (Fsp3) is 0.250. The molecule has 5 heteroatoms. The Balaban J connectivity index is 1.85. The number of hydrogen-bond donors (Lipinski definition) is 1. The highest BCUT2D eigenvalue weighted by molar-refractivity contribution is 6.31. The van der Waals surface area contributed by atoms with Crippen LogP contribution in [0.3, 0.4) is 0 Å². The zero-order chi connectivity index (χ0) is 15.3. The van der Waals surface area contributed by atoms with E-state index in [-0.39, 0.29) is 0 Å². The first-order valence-electron chi connectivity index (χ1n) is 6.61. The maximum atomic E-state index is 12.6. The van der Waals surface area contributed by atoms with Crippen molar-refractivity contribution < 1.29 is 13.2 Å². The van der Waals surface area contributed by atoms with Crippen molar-refractivity contribution in [2.75, 3.05) is 11.9 Å². The number of aryl methyl sites for hydroxylation is 1. The fourth-order valence-electron chi connectivity index (χ4n) is 2.02. The minimum Gasteiger partial charge on any atom is -0.385 e. The second-order valence-electron chi connectivity index (χ2n) is 4.70. The highest BCUT2D eigenvalue weighted by Gasteiger charge is 2.30. The van der Waals surface area contributed by atoms with Gasteiger partial charge in [-0.15, -0.1) is 0 Å². The van der Waals surface area contributed by atoms with E-state index in [0.29, 0.717) is 12.2 Å². The molecule has 0 saturated carbocycles. The van der Waals surface area contributed by atoms with E-state index >= 15 is 0 Å². The Morgan fingerprint density at radius 3 is 2.48 bits per heavy atom. The molecule has 0 unspecified atom stereocenters. The first-order chi connectivity index (χ1) is 9.97. The van der Waals surface area contributed by atoms with Crippen molar-refractivity contribution in [3.05, 3.63) is 64.7 Å². The summed E-state index contributed by atoms with van der Waals surface area (Å²) in [7, 11) is 0. The second kappa shape index (κ2) is 6.85. The number of rotatable bonds is 5. The molecular formula is C16H15ClF3N. The van der Waals surface area contributed by atoms with Crippen LogP contribution >= 0.6 is 11.6 Å². The van der Waals surface area contributed by atoms with Crippen molar-refractivity contribution in [1.29, 1.82) is 0 Å². The van der Waals surface area contributed by atoms with Crippen molar-refractivity contribution in [2.45, 2.75) is 19.0 Å². The SMILES string of the molecule is FC(F)(F)c1cccc(NCCCc2ccccc2Cl)c1. The summed E-state index contributed by atoms with van der Waals surface area (Å²) in [6.45, 7) is 0.590. The number of nitrogens with one attached hydrogen (secondary N) is 1. The van der Waals surface area contributed by atoms with E-state index in [1.54, 1.807) is 6.07 Å². The Morgan fingerprint density at radius 1 is 1.00 bits per heavy atom. The van der Waals surface area contributed by atoms with Crippen LogP contribution in [-0.4, -0.2) is 6.54 Å². The van der Waals surface area contributed by atoms with Crippen LogP contribution in [0.15, 0.2) is 48.5 Å². The topological polar surface area (TPSA) is 12.0 Å². The van der Waals surface area contributed by atoms with Crippen LogP contribution in [0.5, 0.6) is 0 Å². The van der Waals surface area contributed by atoms with Crippen LogP contribution in [0.4, 0.5) is 18.9 Å². The Labute approximate surface area is 126 Å². The molecule has 2 aromatic rings. The number of alkyl halides is 3. The minimum atomic E-state index is -4.31. The van der Waals surface area contributed by atoms with E-state index in [0.717, 1.165) is 35.6 Å². The van der Waals surface area contributed by atoms with Crippen molar-refractivity contribution >= 4 is 17.3 Å². The van der Waals surface area contributed by atoms with E-state index in [9.17, 15) is 13.2 Å². The summed E-state index contributed by atoms with van der Waals surface area (Å²) in [6, 6.07) is 12.8. The molecule has 2 rings (SSSR count). The van der Waals surface area contributed by atoms with Crippen molar-refractivity contribution in [3.63, 3.8) is 0 Å². The van der Waals surface area contributed by atoms with Gasteiger partial charge in [0.15, 0.2) is 0 Å². The largest absolute Gasteiger partial charge is 0.416 e. The Morgan fingerprint density at radius 2 is 1.76 bits per heavy atom. The molecule has 0 amide bonds. The Hall–Kier alpha value is -1.68. The Bertz CT molecular complexity index is 596. The third kappa shape index (κ3) is 4.67. The molecule has 0 radical (unpaired) electrons. The summed E-state index contributed by atoms with van der Waals surface area (Å²) < 4.78 is 37.7. The lowest BCUT2D eigenvalue weighted by atomic mass is 10.1. The quantitative estimate of drug-likeness (QED) is 0.728. The van der Waals surface area contributed by atoms with Crippen molar-refractivity contribution in [1.82, 2.24) is 0 Å². The molecule has 0 aliphatic heterocycles. The lowest BCUT2D eigenvalue weighted by molar-refractivity contribution is -0.137. The Kier molecular flexibility index (Phi) is 5.12. The third-order valence-electron chi connectivity index (χ3n) is 3.10. The van der Waals surface area contributed by atoms with Gasteiger partial charge in [-0.25, -0.2) is 0 Å². The normalized spacial score (nSPS) is 11.4. The van der Waals surface area contributed by atoms with E-state index in [1.807, 2.05) is 24.3 Å². The van der Waals surface area contributed by atoms with Gasteiger partial charge >= 0.3 is 6.18 Å². The van der Waals surface area contributed by atoms with Gasteiger partial charge in [0.2, 0.25) is 0 Å². The lowest BCUT2D eigenvalue weighted by Gasteiger charge is -2.11.